The lowest BCUT2D eigenvalue weighted by Crippen LogP contribution is -1.95. The molecule has 1 saturated carbocycles. The molecule has 2 rings (SSSR count). The first-order valence-electron chi connectivity index (χ1n) is 5.42. The molecule has 0 spiro atoms. The van der Waals surface area contributed by atoms with E-state index in [1.54, 1.807) is 11.3 Å². The van der Waals surface area contributed by atoms with E-state index in [0.29, 0.717) is 12.3 Å². The molecule has 0 radical (unpaired) electrons. The Morgan fingerprint density at radius 3 is 2.93 bits per heavy atom. The van der Waals surface area contributed by atoms with E-state index in [1.165, 1.54) is 30.7 Å². The van der Waals surface area contributed by atoms with Crippen LogP contribution < -0.4 is 0 Å². The van der Waals surface area contributed by atoms with Gasteiger partial charge in [0.15, 0.2) is 0 Å². The summed E-state index contributed by atoms with van der Waals surface area (Å²) in [5.74, 6) is -0.0839. The van der Waals surface area contributed by atoms with Gasteiger partial charge in [-0.3, -0.25) is 4.79 Å². The Morgan fingerprint density at radius 2 is 2.27 bits per heavy atom. The van der Waals surface area contributed by atoms with Crippen molar-refractivity contribution in [3.05, 3.63) is 16.1 Å². The summed E-state index contributed by atoms with van der Waals surface area (Å²) < 4.78 is 0. The average Bonchev–Trinajstić information content (AvgIpc) is 2.85. The topological polar surface area (TPSA) is 50.2 Å². The molecule has 0 atom stereocenters. The number of thiazole rings is 1. The summed E-state index contributed by atoms with van der Waals surface area (Å²) >= 11 is 1.70. The molecular weight excluding hydrogens is 210 g/mol. The third-order valence-corrected chi connectivity index (χ3v) is 4.08. The Kier molecular flexibility index (Phi) is 3.36. The SMILES string of the molecule is O=C(O)CCc1cnc(C2CCCC2)s1. The van der Waals surface area contributed by atoms with Crippen molar-refractivity contribution in [3.63, 3.8) is 0 Å². The Hall–Kier alpha value is -0.900. The molecule has 0 saturated heterocycles. The minimum Gasteiger partial charge on any atom is -0.481 e. The molecule has 0 unspecified atom stereocenters. The highest BCUT2D eigenvalue weighted by molar-refractivity contribution is 7.11. The predicted molar refractivity (Wildman–Crippen MR) is 59.3 cm³/mol. The standard InChI is InChI=1S/C11H15NO2S/c13-10(14)6-5-9-7-12-11(15-9)8-3-1-2-4-8/h7-8H,1-6H2,(H,13,14). The van der Waals surface area contributed by atoms with Gasteiger partial charge >= 0.3 is 5.97 Å². The number of aliphatic carboxylic acids is 1. The highest BCUT2D eigenvalue weighted by Gasteiger charge is 2.20. The van der Waals surface area contributed by atoms with Gasteiger partial charge in [0.1, 0.15) is 0 Å². The van der Waals surface area contributed by atoms with Crippen molar-refractivity contribution in [3.8, 4) is 0 Å². The molecule has 15 heavy (non-hydrogen) atoms. The van der Waals surface area contributed by atoms with Gasteiger partial charge in [0.05, 0.1) is 11.4 Å². The van der Waals surface area contributed by atoms with Crippen molar-refractivity contribution < 1.29 is 9.90 Å². The molecule has 0 aromatic carbocycles. The van der Waals surface area contributed by atoms with Crippen LogP contribution in [-0.4, -0.2) is 16.1 Å². The van der Waals surface area contributed by atoms with Crippen molar-refractivity contribution in [1.29, 1.82) is 0 Å². The van der Waals surface area contributed by atoms with Crippen LogP contribution in [0, 0.1) is 0 Å². The average molecular weight is 225 g/mol. The van der Waals surface area contributed by atoms with Gasteiger partial charge in [-0.15, -0.1) is 11.3 Å². The Balaban J connectivity index is 1.94. The van der Waals surface area contributed by atoms with E-state index in [-0.39, 0.29) is 6.42 Å². The number of aryl methyl sites for hydroxylation is 1. The first-order valence-corrected chi connectivity index (χ1v) is 6.24. The fourth-order valence-electron chi connectivity index (χ4n) is 2.03. The van der Waals surface area contributed by atoms with Crippen molar-refractivity contribution >= 4 is 17.3 Å². The highest BCUT2D eigenvalue weighted by Crippen LogP contribution is 2.36. The molecule has 1 aliphatic carbocycles. The zero-order valence-corrected chi connectivity index (χ0v) is 9.42. The van der Waals surface area contributed by atoms with Crippen molar-refractivity contribution in [2.75, 3.05) is 0 Å². The summed E-state index contributed by atoms with van der Waals surface area (Å²) in [5.41, 5.74) is 0. The van der Waals surface area contributed by atoms with Crippen LogP contribution in [0.3, 0.4) is 0 Å². The molecule has 1 aromatic rings. The Labute approximate surface area is 93.2 Å². The molecule has 1 aliphatic rings. The summed E-state index contributed by atoms with van der Waals surface area (Å²) in [6.45, 7) is 0. The third-order valence-electron chi connectivity index (χ3n) is 2.86. The van der Waals surface area contributed by atoms with Crippen LogP contribution in [0.5, 0.6) is 0 Å². The normalized spacial score (nSPS) is 17.1. The number of rotatable bonds is 4. The monoisotopic (exact) mass is 225 g/mol. The van der Waals surface area contributed by atoms with E-state index in [2.05, 4.69) is 4.98 Å². The lowest BCUT2D eigenvalue weighted by Gasteiger charge is -2.02. The molecule has 0 bridgehead atoms. The maximum atomic E-state index is 10.4. The van der Waals surface area contributed by atoms with Gasteiger partial charge in [-0.05, 0) is 19.3 Å². The second kappa shape index (κ2) is 4.75. The van der Waals surface area contributed by atoms with Crippen LogP contribution in [0.1, 0.15) is 47.9 Å². The second-order valence-electron chi connectivity index (χ2n) is 4.04. The summed E-state index contributed by atoms with van der Waals surface area (Å²) in [7, 11) is 0. The summed E-state index contributed by atoms with van der Waals surface area (Å²) in [5, 5.41) is 9.79. The van der Waals surface area contributed by atoms with Gasteiger partial charge in [0.25, 0.3) is 0 Å². The molecular formula is C11H15NO2S. The van der Waals surface area contributed by atoms with Crippen molar-refractivity contribution in [2.45, 2.75) is 44.4 Å². The first kappa shape index (κ1) is 10.6. The predicted octanol–water partition coefficient (Wildman–Crippen LogP) is 2.82. The number of aromatic nitrogens is 1. The van der Waals surface area contributed by atoms with Gasteiger partial charge in [-0.1, -0.05) is 12.8 Å². The molecule has 4 heteroatoms. The molecule has 0 amide bonds. The minimum atomic E-state index is -0.731. The molecule has 1 fully saturated rings. The maximum absolute atomic E-state index is 10.4. The molecule has 1 heterocycles. The number of carbonyl (C=O) groups is 1. The fourth-order valence-corrected chi connectivity index (χ4v) is 3.12. The van der Waals surface area contributed by atoms with Crippen molar-refractivity contribution in [1.82, 2.24) is 4.98 Å². The molecule has 1 N–H and O–H groups in total. The lowest BCUT2D eigenvalue weighted by molar-refractivity contribution is -0.136. The summed E-state index contributed by atoms with van der Waals surface area (Å²) in [6.07, 6.45) is 7.83. The molecule has 82 valence electrons. The van der Waals surface area contributed by atoms with Crippen LogP contribution in [0.4, 0.5) is 0 Å². The van der Waals surface area contributed by atoms with Gasteiger partial charge in [-0.2, -0.15) is 0 Å². The number of nitrogens with zero attached hydrogens (tertiary/aromatic N) is 1. The van der Waals surface area contributed by atoms with Crippen LogP contribution >= 0.6 is 11.3 Å². The molecule has 3 nitrogen and oxygen atoms in total. The van der Waals surface area contributed by atoms with Crippen molar-refractivity contribution in [2.24, 2.45) is 0 Å². The lowest BCUT2D eigenvalue weighted by atomic mass is 10.1. The van der Waals surface area contributed by atoms with E-state index in [9.17, 15) is 4.79 Å². The smallest absolute Gasteiger partial charge is 0.303 e. The molecule has 0 aliphatic heterocycles. The number of hydrogen-bond donors (Lipinski definition) is 1. The van der Waals surface area contributed by atoms with E-state index >= 15 is 0 Å². The zero-order chi connectivity index (χ0) is 10.7. The quantitative estimate of drug-likeness (QED) is 0.857. The van der Waals surface area contributed by atoms with E-state index in [1.807, 2.05) is 6.20 Å². The first-order chi connectivity index (χ1) is 7.25. The molecule has 1 aromatic heterocycles. The maximum Gasteiger partial charge on any atom is 0.303 e. The van der Waals surface area contributed by atoms with E-state index < -0.39 is 5.97 Å². The van der Waals surface area contributed by atoms with Gasteiger partial charge < -0.3 is 5.11 Å². The van der Waals surface area contributed by atoms with Crippen LogP contribution in [0.25, 0.3) is 0 Å². The number of carboxylic acids is 1. The van der Waals surface area contributed by atoms with E-state index in [4.69, 9.17) is 5.11 Å². The Morgan fingerprint density at radius 1 is 1.53 bits per heavy atom. The zero-order valence-electron chi connectivity index (χ0n) is 8.61. The van der Waals surface area contributed by atoms with E-state index in [0.717, 1.165) is 4.88 Å². The number of hydrogen-bond acceptors (Lipinski definition) is 3. The Bertz CT molecular complexity index is 342. The third kappa shape index (κ3) is 2.78. The van der Waals surface area contributed by atoms with Gasteiger partial charge in [0, 0.05) is 17.0 Å². The van der Waals surface area contributed by atoms with Gasteiger partial charge in [-0.25, -0.2) is 4.98 Å². The van der Waals surface area contributed by atoms with Gasteiger partial charge in [0.2, 0.25) is 0 Å². The van der Waals surface area contributed by atoms with Crippen LogP contribution in [0.2, 0.25) is 0 Å². The highest BCUT2D eigenvalue weighted by atomic mass is 32.1. The minimum absolute atomic E-state index is 0.215. The summed E-state index contributed by atoms with van der Waals surface area (Å²) in [6, 6.07) is 0. The number of carboxylic acid groups (broad SMARTS) is 1. The largest absolute Gasteiger partial charge is 0.481 e. The summed E-state index contributed by atoms with van der Waals surface area (Å²) in [4.78, 5) is 15.9. The second-order valence-corrected chi connectivity index (χ2v) is 5.19. The van der Waals surface area contributed by atoms with Crippen LogP contribution in [0.15, 0.2) is 6.20 Å². The van der Waals surface area contributed by atoms with Crippen LogP contribution in [-0.2, 0) is 11.2 Å². The fraction of sp³-hybridized carbons (Fsp3) is 0.636.